The predicted octanol–water partition coefficient (Wildman–Crippen LogP) is 2.46. The Morgan fingerprint density at radius 1 is 1.24 bits per heavy atom. The van der Waals surface area contributed by atoms with E-state index in [1.807, 2.05) is 18.2 Å². The van der Waals surface area contributed by atoms with Crippen molar-refractivity contribution >= 4 is 29.9 Å². The Morgan fingerprint density at radius 3 is 2.56 bits per heavy atom. The largest absolute Gasteiger partial charge is 0.493 e. The van der Waals surface area contributed by atoms with Crippen molar-refractivity contribution in [3.8, 4) is 11.5 Å². The molecule has 1 heterocycles. The third-order valence-corrected chi connectivity index (χ3v) is 4.58. The number of guanidine groups is 1. The number of piperidine rings is 1. The molecule has 1 aromatic carbocycles. The number of rotatable bonds is 7. The lowest BCUT2D eigenvalue weighted by Gasteiger charge is -2.28. The molecule has 0 atom stereocenters. The number of nitrogens with two attached hydrogens (primary N) is 1. The number of likely N-dealkylation sites (tertiary alicyclic amines) is 1. The molecule has 0 radical (unpaired) electrons. The van der Waals surface area contributed by atoms with Gasteiger partial charge in [-0.1, -0.05) is 6.07 Å². The van der Waals surface area contributed by atoms with Gasteiger partial charge in [-0.2, -0.15) is 0 Å². The van der Waals surface area contributed by atoms with E-state index >= 15 is 0 Å². The highest BCUT2D eigenvalue weighted by Crippen LogP contribution is 2.27. The predicted molar refractivity (Wildman–Crippen MR) is 113 cm³/mol. The molecule has 0 aliphatic carbocycles. The van der Waals surface area contributed by atoms with Crippen LogP contribution in [0.4, 0.5) is 0 Å². The minimum atomic E-state index is 0. The average molecular weight is 462 g/mol. The van der Waals surface area contributed by atoms with Crippen molar-refractivity contribution in [2.45, 2.75) is 25.8 Å². The normalized spacial score (nSPS) is 16.2. The number of aliphatic imine (C=N–C) groups is 1. The first-order chi connectivity index (χ1) is 11.6. The van der Waals surface area contributed by atoms with Gasteiger partial charge in [0.2, 0.25) is 0 Å². The van der Waals surface area contributed by atoms with E-state index in [0.717, 1.165) is 30.2 Å². The smallest absolute Gasteiger partial charge is 0.188 e. The van der Waals surface area contributed by atoms with Crippen LogP contribution in [0.3, 0.4) is 0 Å². The Kier molecular flexibility index (Phi) is 9.96. The summed E-state index contributed by atoms with van der Waals surface area (Å²) in [5.74, 6) is 2.72. The van der Waals surface area contributed by atoms with Crippen molar-refractivity contribution in [2.75, 3.05) is 40.9 Å². The molecule has 0 saturated carbocycles. The van der Waals surface area contributed by atoms with E-state index in [1.54, 1.807) is 14.2 Å². The fourth-order valence-corrected chi connectivity index (χ4v) is 2.97. The Balaban J connectivity index is 0.00000312. The standard InChI is InChI=1S/C18H30N4O2.HI/c1-22-10-7-14(8-11-22)6-9-20-18(19)21-13-15-4-5-16(23-2)17(12-15)24-3;/h4-5,12,14H,6-11,13H2,1-3H3,(H3,19,20,21);1H. The lowest BCUT2D eigenvalue weighted by atomic mass is 9.94. The zero-order valence-electron chi connectivity index (χ0n) is 15.5. The summed E-state index contributed by atoms with van der Waals surface area (Å²) in [6.07, 6.45) is 3.71. The molecule has 0 aromatic heterocycles. The van der Waals surface area contributed by atoms with Gasteiger partial charge in [-0.25, -0.2) is 4.99 Å². The number of hydrogen-bond acceptors (Lipinski definition) is 4. The van der Waals surface area contributed by atoms with Crippen LogP contribution in [0, 0.1) is 5.92 Å². The molecule has 2 rings (SSSR count). The molecule has 0 bridgehead atoms. The van der Waals surface area contributed by atoms with Gasteiger partial charge in [0.15, 0.2) is 17.5 Å². The summed E-state index contributed by atoms with van der Waals surface area (Å²) >= 11 is 0. The van der Waals surface area contributed by atoms with Crippen molar-refractivity contribution < 1.29 is 9.47 Å². The van der Waals surface area contributed by atoms with E-state index in [0.29, 0.717) is 18.3 Å². The Morgan fingerprint density at radius 2 is 1.92 bits per heavy atom. The van der Waals surface area contributed by atoms with E-state index in [4.69, 9.17) is 15.2 Å². The molecule has 1 aliphatic heterocycles. The molecular weight excluding hydrogens is 431 g/mol. The van der Waals surface area contributed by atoms with E-state index in [1.165, 1.54) is 25.9 Å². The van der Waals surface area contributed by atoms with Gasteiger partial charge in [0, 0.05) is 6.54 Å². The Bertz CT molecular complexity index is 546. The van der Waals surface area contributed by atoms with Gasteiger partial charge in [0.1, 0.15) is 0 Å². The third kappa shape index (κ3) is 7.27. The van der Waals surface area contributed by atoms with Gasteiger partial charge < -0.3 is 25.4 Å². The van der Waals surface area contributed by atoms with Crippen molar-refractivity contribution in [1.82, 2.24) is 10.2 Å². The summed E-state index contributed by atoms with van der Waals surface area (Å²) < 4.78 is 10.5. The number of ether oxygens (including phenoxy) is 2. The molecule has 6 nitrogen and oxygen atoms in total. The summed E-state index contributed by atoms with van der Waals surface area (Å²) in [6.45, 7) is 3.81. The maximum atomic E-state index is 5.96. The van der Waals surface area contributed by atoms with Crippen LogP contribution in [-0.2, 0) is 6.54 Å². The molecule has 142 valence electrons. The second kappa shape index (κ2) is 11.4. The van der Waals surface area contributed by atoms with Gasteiger partial charge in [-0.3, -0.25) is 0 Å². The zero-order chi connectivity index (χ0) is 17.4. The lowest BCUT2D eigenvalue weighted by Crippen LogP contribution is -2.35. The molecule has 1 aliphatic rings. The Labute approximate surface area is 168 Å². The van der Waals surface area contributed by atoms with Crippen molar-refractivity contribution in [2.24, 2.45) is 16.6 Å². The van der Waals surface area contributed by atoms with Crippen LogP contribution in [0.5, 0.6) is 11.5 Å². The molecule has 0 amide bonds. The summed E-state index contributed by atoms with van der Waals surface area (Å²) in [4.78, 5) is 6.79. The average Bonchev–Trinajstić information content (AvgIpc) is 2.61. The molecule has 25 heavy (non-hydrogen) atoms. The van der Waals surface area contributed by atoms with E-state index in [2.05, 4.69) is 22.3 Å². The van der Waals surface area contributed by atoms with Crippen LogP contribution in [0.1, 0.15) is 24.8 Å². The molecule has 1 fully saturated rings. The Hall–Kier alpha value is -1.22. The number of methoxy groups -OCH3 is 2. The van der Waals surface area contributed by atoms with Crippen LogP contribution in [0.25, 0.3) is 0 Å². The first-order valence-electron chi connectivity index (χ1n) is 8.55. The maximum absolute atomic E-state index is 5.96. The number of nitrogens with zero attached hydrogens (tertiary/aromatic N) is 2. The third-order valence-electron chi connectivity index (χ3n) is 4.58. The number of nitrogens with one attached hydrogen (secondary N) is 1. The molecule has 0 unspecified atom stereocenters. The second-order valence-electron chi connectivity index (χ2n) is 6.35. The summed E-state index contributed by atoms with van der Waals surface area (Å²) in [7, 11) is 5.44. The molecule has 0 spiro atoms. The highest BCUT2D eigenvalue weighted by atomic mass is 127. The van der Waals surface area contributed by atoms with Gasteiger partial charge >= 0.3 is 0 Å². The first kappa shape index (κ1) is 21.8. The molecule has 3 N–H and O–H groups in total. The van der Waals surface area contributed by atoms with Crippen molar-refractivity contribution in [3.05, 3.63) is 23.8 Å². The SMILES string of the molecule is COc1ccc(CN=C(N)NCCC2CCN(C)CC2)cc1OC.I. The van der Waals surface area contributed by atoms with Crippen LogP contribution < -0.4 is 20.5 Å². The first-order valence-corrected chi connectivity index (χ1v) is 8.55. The van der Waals surface area contributed by atoms with Crippen LogP contribution in [0.2, 0.25) is 0 Å². The summed E-state index contributed by atoms with van der Waals surface area (Å²) in [6, 6.07) is 5.78. The minimum Gasteiger partial charge on any atom is -0.493 e. The van der Waals surface area contributed by atoms with E-state index < -0.39 is 0 Å². The lowest BCUT2D eigenvalue weighted by molar-refractivity contribution is 0.213. The zero-order valence-corrected chi connectivity index (χ0v) is 17.8. The van der Waals surface area contributed by atoms with Gasteiger partial charge in [0.05, 0.1) is 20.8 Å². The number of hydrogen-bond donors (Lipinski definition) is 2. The maximum Gasteiger partial charge on any atom is 0.188 e. The summed E-state index contributed by atoms with van der Waals surface area (Å²) in [5, 5.41) is 3.22. The quantitative estimate of drug-likeness (QED) is 0.370. The topological polar surface area (TPSA) is 72.1 Å². The minimum absolute atomic E-state index is 0. The van der Waals surface area contributed by atoms with Gasteiger partial charge in [-0.15, -0.1) is 24.0 Å². The van der Waals surface area contributed by atoms with E-state index in [9.17, 15) is 0 Å². The highest BCUT2D eigenvalue weighted by Gasteiger charge is 2.15. The molecule has 1 aromatic rings. The molecule has 1 saturated heterocycles. The second-order valence-corrected chi connectivity index (χ2v) is 6.35. The number of halogens is 1. The number of benzene rings is 1. The van der Waals surface area contributed by atoms with Gasteiger partial charge in [0.25, 0.3) is 0 Å². The van der Waals surface area contributed by atoms with Crippen LogP contribution >= 0.6 is 24.0 Å². The van der Waals surface area contributed by atoms with Crippen LogP contribution in [-0.4, -0.2) is 51.8 Å². The molecular formula is C18H31IN4O2. The summed E-state index contributed by atoms with van der Waals surface area (Å²) in [5.41, 5.74) is 7.00. The van der Waals surface area contributed by atoms with Crippen molar-refractivity contribution in [1.29, 1.82) is 0 Å². The van der Waals surface area contributed by atoms with Gasteiger partial charge in [-0.05, 0) is 63.0 Å². The molecule has 7 heteroatoms. The fourth-order valence-electron chi connectivity index (χ4n) is 2.97. The monoisotopic (exact) mass is 462 g/mol. The highest BCUT2D eigenvalue weighted by molar-refractivity contribution is 14.0. The van der Waals surface area contributed by atoms with E-state index in [-0.39, 0.29) is 24.0 Å². The van der Waals surface area contributed by atoms with Crippen molar-refractivity contribution in [3.63, 3.8) is 0 Å². The van der Waals surface area contributed by atoms with Crippen LogP contribution in [0.15, 0.2) is 23.2 Å². The fraction of sp³-hybridized carbons (Fsp3) is 0.611.